The van der Waals surface area contributed by atoms with Crippen LogP contribution < -0.4 is 0 Å². The summed E-state index contributed by atoms with van der Waals surface area (Å²) in [6.07, 6.45) is 1.73. The Morgan fingerprint density at radius 2 is 1.61 bits per heavy atom. The van der Waals surface area contributed by atoms with E-state index in [0.29, 0.717) is 12.0 Å². The number of rotatable bonds is 5. The Balaban J connectivity index is 2.25. The van der Waals surface area contributed by atoms with Crippen molar-refractivity contribution in [1.82, 2.24) is 0 Å². The van der Waals surface area contributed by atoms with Gasteiger partial charge in [-0.3, -0.25) is 4.99 Å². The lowest BCUT2D eigenvalue weighted by molar-refractivity contribution is 0.0415. The van der Waals surface area contributed by atoms with Crippen molar-refractivity contribution < 1.29 is 10.2 Å². The largest absolute Gasteiger partial charge is 0.507 e. The van der Waals surface area contributed by atoms with Crippen LogP contribution in [-0.4, -0.2) is 28.6 Å². The molecule has 23 heavy (non-hydrogen) atoms. The minimum atomic E-state index is -0.579. The molecule has 2 rings (SSSR count). The molecule has 0 heterocycles. The van der Waals surface area contributed by atoms with E-state index in [9.17, 15) is 10.2 Å². The van der Waals surface area contributed by atoms with Gasteiger partial charge in [-0.15, -0.1) is 0 Å². The molecule has 2 aromatic rings. The summed E-state index contributed by atoms with van der Waals surface area (Å²) >= 11 is 0. The third kappa shape index (κ3) is 4.93. The second-order valence-electron chi connectivity index (χ2n) is 6.90. The van der Waals surface area contributed by atoms with Gasteiger partial charge in [-0.2, -0.15) is 0 Å². The average Bonchev–Trinajstić information content (AvgIpc) is 2.52. The van der Waals surface area contributed by atoms with Crippen molar-refractivity contribution in [3.05, 3.63) is 65.7 Å². The molecule has 0 aliphatic carbocycles. The molecule has 0 unspecified atom stereocenters. The number of para-hydroxylation sites is 1. The Kier molecular flexibility index (Phi) is 5.56. The molecule has 3 heteroatoms. The molecule has 0 aliphatic rings. The smallest absolute Gasteiger partial charge is 0.124 e. The monoisotopic (exact) mass is 311 g/mol. The maximum Gasteiger partial charge on any atom is 0.124 e. The number of aromatic hydroxyl groups is 1. The van der Waals surface area contributed by atoms with Crippen LogP contribution in [0.3, 0.4) is 0 Å². The minimum Gasteiger partial charge on any atom is -0.507 e. The first-order valence-corrected chi connectivity index (χ1v) is 7.91. The average molecular weight is 311 g/mol. The number of hydrogen-bond donors (Lipinski definition) is 2. The zero-order valence-electron chi connectivity index (χ0n) is 14.0. The maximum absolute atomic E-state index is 10.7. The number of aliphatic imine (C=N–C) groups is 1. The highest BCUT2D eigenvalue weighted by molar-refractivity contribution is 5.83. The van der Waals surface area contributed by atoms with Crippen LogP contribution in [0.2, 0.25) is 0 Å². The standard InChI is InChI=1S/C20H25NO2/c1-20(2,3)19(23)17(13-15-9-5-4-6-10-15)21-14-16-11-7-8-12-18(16)22/h4-12,14,17,19,22-23H,13H2,1-3H3/t17-,19-/m0/s1. The van der Waals surface area contributed by atoms with E-state index < -0.39 is 6.10 Å². The molecule has 0 saturated carbocycles. The third-order valence-corrected chi connectivity index (χ3v) is 3.88. The van der Waals surface area contributed by atoms with Crippen molar-refractivity contribution in [3.63, 3.8) is 0 Å². The normalized spacial score (nSPS) is 14.8. The zero-order valence-corrected chi connectivity index (χ0v) is 14.0. The lowest BCUT2D eigenvalue weighted by Gasteiger charge is -2.31. The number of aliphatic hydroxyl groups excluding tert-OH is 1. The van der Waals surface area contributed by atoms with Crippen LogP contribution in [0.5, 0.6) is 5.75 Å². The van der Waals surface area contributed by atoms with Gasteiger partial charge in [-0.1, -0.05) is 63.2 Å². The van der Waals surface area contributed by atoms with Crippen LogP contribution in [0, 0.1) is 5.41 Å². The van der Waals surface area contributed by atoms with Crippen molar-refractivity contribution in [3.8, 4) is 5.75 Å². The first-order valence-electron chi connectivity index (χ1n) is 7.91. The molecule has 2 aromatic carbocycles. The summed E-state index contributed by atoms with van der Waals surface area (Å²) in [7, 11) is 0. The Morgan fingerprint density at radius 3 is 2.22 bits per heavy atom. The molecule has 0 radical (unpaired) electrons. The topological polar surface area (TPSA) is 52.8 Å². The summed E-state index contributed by atoms with van der Waals surface area (Å²) in [6, 6.07) is 16.8. The highest BCUT2D eigenvalue weighted by atomic mass is 16.3. The number of benzene rings is 2. The Labute approximate surface area is 138 Å². The Morgan fingerprint density at radius 1 is 1.00 bits per heavy atom. The van der Waals surface area contributed by atoms with E-state index in [4.69, 9.17) is 0 Å². The van der Waals surface area contributed by atoms with Crippen LogP contribution in [0.4, 0.5) is 0 Å². The molecule has 3 nitrogen and oxygen atoms in total. The maximum atomic E-state index is 10.7. The van der Waals surface area contributed by atoms with Crippen LogP contribution in [0.1, 0.15) is 31.9 Å². The Hall–Kier alpha value is -2.13. The fourth-order valence-electron chi connectivity index (χ4n) is 2.45. The molecule has 0 saturated heterocycles. The van der Waals surface area contributed by atoms with Gasteiger partial charge in [0.15, 0.2) is 0 Å². The van der Waals surface area contributed by atoms with Crippen LogP contribution in [0.15, 0.2) is 59.6 Å². The van der Waals surface area contributed by atoms with E-state index in [-0.39, 0.29) is 17.2 Å². The quantitative estimate of drug-likeness (QED) is 0.825. The second-order valence-corrected chi connectivity index (χ2v) is 6.90. The number of nitrogens with zero attached hydrogens (tertiary/aromatic N) is 1. The number of hydrogen-bond acceptors (Lipinski definition) is 3. The van der Waals surface area contributed by atoms with Crippen molar-refractivity contribution >= 4 is 6.21 Å². The van der Waals surface area contributed by atoms with E-state index in [0.717, 1.165) is 5.56 Å². The SMILES string of the molecule is CC(C)(C)[C@@H](O)[C@H](Cc1ccccc1)N=Cc1ccccc1O. The van der Waals surface area contributed by atoms with Gasteiger partial charge in [0.25, 0.3) is 0 Å². The molecule has 122 valence electrons. The molecule has 0 fully saturated rings. The summed E-state index contributed by atoms with van der Waals surface area (Å²) in [5, 5.41) is 20.5. The van der Waals surface area contributed by atoms with Gasteiger partial charge in [-0.25, -0.2) is 0 Å². The predicted octanol–water partition coefficient (Wildman–Crippen LogP) is 3.83. The van der Waals surface area contributed by atoms with Crippen molar-refractivity contribution in [2.75, 3.05) is 0 Å². The highest BCUT2D eigenvalue weighted by Crippen LogP contribution is 2.26. The number of phenols is 1. The van der Waals surface area contributed by atoms with E-state index in [1.165, 1.54) is 0 Å². The molecule has 0 spiro atoms. The van der Waals surface area contributed by atoms with Crippen LogP contribution in [0.25, 0.3) is 0 Å². The fourth-order valence-corrected chi connectivity index (χ4v) is 2.45. The van der Waals surface area contributed by atoms with Crippen LogP contribution >= 0.6 is 0 Å². The molecule has 0 bridgehead atoms. The fraction of sp³-hybridized carbons (Fsp3) is 0.350. The van der Waals surface area contributed by atoms with Gasteiger partial charge < -0.3 is 10.2 Å². The van der Waals surface area contributed by atoms with E-state index in [2.05, 4.69) is 4.99 Å². The summed E-state index contributed by atoms with van der Waals surface area (Å²) < 4.78 is 0. The number of aliphatic hydroxyl groups is 1. The molecular formula is C20H25NO2. The van der Waals surface area contributed by atoms with E-state index in [1.807, 2.05) is 63.2 Å². The summed E-state index contributed by atoms with van der Waals surface area (Å²) in [4.78, 5) is 4.58. The lowest BCUT2D eigenvalue weighted by atomic mass is 9.83. The highest BCUT2D eigenvalue weighted by Gasteiger charge is 2.30. The summed E-state index contributed by atoms with van der Waals surface area (Å²) in [6.45, 7) is 6.02. The second kappa shape index (κ2) is 7.42. The molecule has 2 N–H and O–H groups in total. The zero-order chi connectivity index (χ0) is 16.9. The summed E-state index contributed by atoms with van der Waals surface area (Å²) in [5.74, 6) is 0.194. The molecular weight excluding hydrogens is 286 g/mol. The van der Waals surface area contributed by atoms with Gasteiger partial charge in [0.1, 0.15) is 5.75 Å². The number of phenolic OH excluding ortho intramolecular Hbond substituents is 1. The van der Waals surface area contributed by atoms with Gasteiger partial charge >= 0.3 is 0 Å². The van der Waals surface area contributed by atoms with Crippen molar-refractivity contribution in [2.24, 2.45) is 10.4 Å². The first kappa shape index (κ1) is 17.2. The molecule has 0 amide bonds. The Bertz CT molecular complexity index is 644. The molecule has 2 atom stereocenters. The van der Waals surface area contributed by atoms with Gasteiger partial charge in [0.2, 0.25) is 0 Å². The van der Waals surface area contributed by atoms with Gasteiger partial charge in [0, 0.05) is 11.8 Å². The van der Waals surface area contributed by atoms with Gasteiger partial charge in [-0.05, 0) is 29.5 Å². The van der Waals surface area contributed by atoms with Crippen LogP contribution in [-0.2, 0) is 6.42 Å². The molecule has 0 aliphatic heterocycles. The van der Waals surface area contributed by atoms with E-state index >= 15 is 0 Å². The minimum absolute atomic E-state index is 0.194. The van der Waals surface area contributed by atoms with Crippen molar-refractivity contribution in [2.45, 2.75) is 39.3 Å². The van der Waals surface area contributed by atoms with Gasteiger partial charge in [0.05, 0.1) is 12.1 Å². The summed E-state index contributed by atoms with van der Waals surface area (Å²) in [5.41, 5.74) is 1.53. The van der Waals surface area contributed by atoms with Crippen molar-refractivity contribution in [1.29, 1.82) is 0 Å². The van der Waals surface area contributed by atoms with E-state index in [1.54, 1.807) is 18.3 Å². The first-order chi connectivity index (χ1) is 10.9. The predicted molar refractivity (Wildman–Crippen MR) is 95.1 cm³/mol. The molecule has 0 aromatic heterocycles. The lowest BCUT2D eigenvalue weighted by Crippen LogP contribution is -2.38. The third-order valence-electron chi connectivity index (χ3n) is 3.88.